The van der Waals surface area contributed by atoms with Crippen LogP contribution in [-0.2, 0) is 0 Å². The Morgan fingerprint density at radius 3 is 2.44 bits per heavy atom. The van der Waals surface area contributed by atoms with Gasteiger partial charge in [-0.3, -0.25) is 4.90 Å². The highest BCUT2D eigenvalue weighted by atomic mass is 15.2. The second kappa shape index (κ2) is 5.92. The van der Waals surface area contributed by atoms with Crippen LogP contribution in [0.3, 0.4) is 0 Å². The molecule has 1 N–H and O–H groups in total. The van der Waals surface area contributed by atoms with Gasteiger partial charge in [0.05, 0.1) is 0 Å². The number of piperidine rings is 1. The first-order valence-corrected chi connectivity index (χ1v) is 8.02. The van der Waals surface area contributed by atoms with Crippen molar-refractivity contribution in [3.63, 3.8) is 0 Å². The standard InChI is InChI=1S/C16H32N2/c1-5-17-15-14(7-6-10-16(15,3)4)18-11-8-13(2)9-12-18/h13-15,17H,5-12H2,1-4H3. The summed E-state index contributed by atoms with van der Waals surface area (Å²) in [7, 11) is 0. The summed E-state index contributed by atoms with van der Waals surface area (Å²) in [5, 5.41) is 3.79. The Balaban J connectivity index is 2.04. The summed E-state index contributed by atoms with van der Waals surface area (Å²) in [6, 6.07) is 1.46. The van der Waals surface area contributed by atoms with E-state index in [0.29, 0.717) is 11.5 Å². The van der Waals surface area contributed by atoms with E-state index in [2.05, 4.69) is 37.9 Å². The first-order valence-electron chi connectivity index (χ1n) is 8.02. The molecular weight excluding hydrogens is 220 g/mol. The van der Waals surface area contributed by atoms with Gasteiger partial charge < -0.3 is 5.32 Å². The Bertz CT molecular complexity index is 254. The molecule has 2 rings (SSSR count). The Kier molecular flexibility index (Phi) is 4.71. The number of hydrogen-bond acceptors (Lipinski definition) is 2. The van der Waals surface area contributed by atoms with E-state index in [-0.39, 0.29) is 0 Å². The highest BCUT2D eigenvalue weighted by Gasteiger charge is 2.41. The molecule has 0 aromatic rings. The van der Waals surface area contributed by atoms with Gasteiger partial charge in [0.2, 0.25) is 0 Å². The minimum atomic E-state index is 0.460. The third-order valence-electron chi connectivity index (χ3n) is 5.26. The van der Waals surface area contributed by atoms with Crippen molar-refractivity contribution >= 4 is 0 Å². The zero-order valence-electron chi connectivity index (χ0n) is 12.8. The van der Waals surface area contributed by atoms with E-state index in [1.807, 2.05) is 0 Å². The molecule has 0 bridgehead atoms. The van der Waals surface area contributed by atoms with E-state index in [4.69, 9.17) is 0 Å². The fraction of sp³-hybridized carbons (Fsp3) is 1.00. The summed E-state index contributed by atoms with van der Waals surface area (Å²) < 4.78 is 0. The second-order valence-electron chi connectivity index (χ2n) is 7.20. The van der Waals surface area contributed by atoms with Gasteiger partial charge in [0.15, 0.2) is 0 Å². The molecule has 0 amide bonds. The average molecular weight is 252 g/mol. The monoisotopic (exact) mass is 252 g/mol. The smallest absolute Gasteiger partial charge is 0.0274 e. The van der Waals surface area contributed by atoms with Crippen molar-refractivity contribution in [2.24, 2.45) is 11.3 Å². The first kappa shape index (κ1) is 14.3. The van der Waals surface area contributed by atoms with Gasteiger partial charge in [0.25, 0.3) is 0 Å². The maximum Gasteiger partial charge on any atom is 0.0274 e. The summed E-state index contributed by atoms with van der Waals surface area (Å²) >= 11 is 0. The third kappa shape index (κ3) is 3.08. The molecule has 1 saturated carbocycles. The van der Waals surface area contributed by atoms with Crippen molar-refractivity contribution in [2.45, 2.75) is 71.9 Å². The van der Waals surface area contributed by atoms with Crippen LogP contribution in [0, 0.1) is 11.3 Å². The van der Waals surface area contributed by atoms with Gasteiger partial charge in [-0.15, -0.1) is 0 Å². The fourth-order valence-electron chi connectivity index (χ4n) is 4.00. The summed E-state index contributed by atoms with van der Waals surface area (Å²) in [6.45, 7) is 13.3. The maximum atomic E-state index is 3.79. The first-order chi connectivity index (χ1) is 8.54. The van der Waals surface area contributed by atoms with Crippen LogP contribution < -0.4 is 5.32 Å². The van der Waals surface area contributed by atoms with E-state index in [1.54, 1.807) is 0 Å². The van der Waals surface area contributed by atoms with Crippen LogP contribution in [0.25, 0.3) is 0 Å². The minimum absolute atomic E-state index is 0.460. The number of nitrogens with zero attached hydrogens (tertiary/aromatic N) is 1. The summed E-state index contributed by atoms with van der Waals surface area (Å²) in [5.74, 6) is 0.940. The Morgan fingerprint density at radius 1 is 1.17 bits per heavy atom. The lowest BCUT2D eigenvalue weighted by atomic mass is 9.70. The maximum absolute atomic E-state index is 3.79. The average Bonchev–Trinajstić information content (AvgIpc) is 2.33. The number of rotatable bonds is 3. The number of hydrogen-bond donors (Lipinski definition) is 1. The van der Waals surface area contributed by atoms with E-state index in [9.17, 15) is 0 Å². The van der Waals surface area contributed by atoms with Crippen molar-refractivity contribution in [3.8, 4) is 0 Å². The Labute approximate surface area is 114 Å². The normalized spacial score (nSPS) is 34.7. The molecule has 1 heterocycles. The molecule has 2 atom stereocenters. The lowest BCUT2D eigenvalue weighted by Gasteiger charge is -2.50. The second-order valence-corrected chi connectivity index (χ2v) is 7.20. The molecule has 2 unspecified atom stereocenters. The topological polar surface area (TPSA) is 15.3 Å². The van der Waals surface area contributed by atoms with Crippen LogP contribution in [0.2, 0.25) is 0 Å². The van der Waals surface area contributed by atoms with E-state index >= 15 is 0 Å². The minimum Gasteiger partial charge on any atom is -0.312 e. The molecule has 2 fully saturated rings. The summed E-state index contributed by atoms with van der Waals surface area (Å²) in [5.41, 5.74) is 0.460. The van der Waals surface area contributed by atoms with Crippen LogP contribution in [-0.4, -0.2) is 36.6 Å². The molecule has 0 spiro atoms. The summed E-state index contributed by atoms with van der Waals surface area (Å²) in [6.07, 6.45) is 6.98. The van der Waals surface area contributed by atoms with Gasteiger partial charge in [-0.2, -0.15) is 0 Å². The van der Waals surface area contributed by atoms with Gasteiger partial charge in [0, 0.05) is 12.1 Å². The lowest BCUT2D eigenvalue weighted by molar-refractivity contribution is 0.0308. The predicted molar refractivity (Wildman–Crippen MR) is 78.9 cm³/mol. The quantitative estimate of drug-likeness (QED) is 0.829. The van der Waals surface area contributed by atoms with Crippen LogP contribution in [0.4, 0.5) is 0 Å². The molecule has 0 aromatic heterocycles. The molecule has 2 heteroatoms. The molecule has 106 valence electrons. The highest BCUT2D eigenvalue weighted by molar-refractivity contribution is 4.98. The van der Waals surface area contributed by atoms with Crippen LogP contribution in [0.5, 0.6) is 0 Å². The van der Waals surface area contributed by atoms with E-state index < -0.39 is 0 Å². The molecule has 0 radical (unpaired) electrons. The lowest BCUT2D eigenvalue weighted by Crippen LogP contribution is -2.59. The SMILES string of the molecule is CCNC1C(N2CCC(C)CC2)CCCC1(C)C. The number of likely N-dealkylation sites (N-methyl/N-ethyl adjacent to an activating group) is 1. The van der Waals surface area contributed by atoms with Gasteiger partial charge in [-0.05, 0) is 56.7 Å². The van der Waals surface area contributed by atoms with Crippen LogP contribution in [0.1, 0.15) is 59.8 Å². The molecule has 1 aliphatic heterocycles. The van der Waals surface area contributed by atoms with Crippen molar-refractivity contribution in [1.29, 1.82) is 0 Å². The van der Waals surface area contributed by atoms with Gasteiger partial charge in [0.1, 0.15) is 0 Å². The van der Waals surface area contributed by atoms with Crippen molar-refractivity contribution in [1.82, 2.24) is 10.2 Å². The Morgan fingerprint density at radius 2 is 1.83 bits per heavy atom. The van der Waals surface area contributed by atoms with Crippen molar-refractivity contribution < 1.29 is 0 Å². The fourth-order valence-corrected chi connectivity index (χ4v) is 4.00. The van der Waals surface area contributed by atoms with E-state index in [0.717, 1.165) is 18.5 Å². The van der Waals surface area contributed by atoms with E-state index in [1.165, 1.54) is 45.2 Å². The Hall–Kier alpha value is -0.0800. The molecule has 2 nitrogen and oxygen atoms in total. The predicted octanol–water partition coefficient (Wildman–Crippen LogP) is 3.28. The zero-order chi connectivity index (χ0) is 13.2. The number of nitrogens with one attached hydrogen (secondary N) is 1. The highest BCUT2D eigenvalue weighted by Crippen LogP contribution is 2.38. The largest absolute Gasteiger partial charge is 0.312 e. The summed E-state index contributed by atoms with van der Waals surface area (Å²) in [4.78, 5) is 2.79. The molecule has 2 aliphatic rings. The van der Waals surface area contributed by atoms with Crippen molar-refractivity contribution in [3.05, 3.63) is 0 Å². The van der Waals surface area contributed by atoms with Crippen LogP contribution >= 0.6 is 0 Å². The van der Waals surface area contributed by atoms with Crippen LogP contribution in [0.15, 0.2) is 0 Å². The number of likely N-dealkylation sites (tertiary alicyclic amines) is 1. The van der Waals surface area contributed by atoms with Gasteiger partial charge in [-0.1, -0.05) is 34.1 Å². The zero-order valence-corrected chi connectivity index (χ0v) is 12.8. The van der Waals surface area contributed by atoms with Gasteiger partial charge in [-0.25, -0.2) is 0 Å². The third-order valence-corrected chi connectivity index (χ3v) is 5.26. The molecular formula is C16H32N2. The molecule has 1 saturated heterocycles. The van der Waals surface area contributed by atoms with Gasteiger partial charge >= 0.3 is 0 Å². The van der Waals surface area contributed by atoms with Crippen molar-refractivity contribution in [2.75, 3.05) is 19.6 Å². The molecule has 1 aliphatic carbocycles. The molecule has 18 heavy (non-hydrogen) atoms. The molecule has 0 aromatic carbocycles.